The molecule has 0 unspecified atom stereocenters. The number of carbonyl (C=O) groups excluding carboxylic acids is 1. The second-order valence-electron chi connectivity index (χ2n) is 7.38. The Morgan fingerprint density at radius 1 is 1.12 bits per heavy atom. The van der Waals surface area contributed by atoms with Gasteiger partial charge in [0.25, 0.3) is 15.9 Å². The van der Waals surface area contributed by atoms with Gasteiger partial charge in [0.15, 0.2) is 0 Å². The summed E-state index contributed by atoms with van der Waals surface area (Å²) in [4.78, 5) is 30.0. The molecule has 0 bridgehead atoms. The molecule has 9 heteroatoms. The number of carbonyl (C=O) groups is 1. The fourth-order valence-electron chi connectivity index (χ4n) is 3.23. The molecule has 1 amide bonds. The summed E-state index contributed by atoms with van der Waals surface area (Å²) < 4.78 is 33.6. The third-order valence-corrected chi connectivity index (χ3v) is 6.38. The van der Waals surface area contributed by atoms with Crippen LogP contribution in [-0.4, -0.2) is 44.4 Å². The van der Waals surface area contributed by atoms with Gasteiger partial charge < -0.3 is 14.6 Å². The molecular weight excluding hydrogens is 430 g/mol. The highest BCUT2D eigenvalue weighted by Crippen LogP contribution is 2.21. The van der Waals surface area contributed by atoms with Gasteiger partial charge in [0.1, 0.15) is 11.3 Å². The second-order valence-corrected chi connectivity index (χ2v) is 9.06. The number of hydrogen-bond acceptors (Lipinski definition) is 5. The van der Waals surface area contributed by atoms with Crippen LogP contribution < -0.4 is 14.9 Å². The first-order valence-electron chi connectivity index (χ1n) is 10.4. The van der Waals surface area contributed by atoms with Gasteiger partial charge in [-0.2, -0.15) is 0 Å². The van der Waals surface area contributed by atoms with E-state index >= 15 is 0 Å². The van der Waals surface area contributed by atoms with Gasteiger partial charge in [0.2, 0.25) is 5.43 Å². The number of unbranched alkanes of at least 4 members (excludes halogenated alkanes) is 1. The van der Waals surface area contributed by atoms with Crippen LogP contribution in [0.2, 0.25) is 0 Å². The van der Waals surface area contributed by atoms with Crippen LogP contribution in [-0.2, 0) is 10.0 Å². The first-order valence-corrected chi connectivity index (χ1v) is 11.9. The number of pyridine rings is 1. The Bertz CT molecular complexity index is 1270. The van der Waals surface area contributed by atoms with E-state index in [4.69, 9.17) is 4.74 Å². The van der Waals surface area contributed by atoms with Crippen molar-refractivity contribution in [3.8, 4) is 5.75 Å². The second kappa shape index (κ2) is 9.86. The fraction of sp³-hybridized carbons (Fsp3) is 0.304. The molecule has 1 aromatic heterocycles. The van der Waals surface area contributed by atoms with Crippen LogP contribution in [0.15, 0.2) is 58.4 Å². The van der Waals surface area contributed by atoms with Crippen LogP contribution in [0.25, 0.3) is 10.9 Å². The van der Waals surface area contributed by atoms with Crippen molar-refractivity contribution in [1.29, 1.82) is 0 Å². The number of fused-ring (bicyclic) bond motifs is 1. The number of nitrogens with zero attached hydrogens (tertiary/aromatic N) is 1. The third-order valence-electron chi connectivity index (χ3n) is 5.00. The number of amides is 1. The number of ether oxygens (including phenoxy) is 1. The van der Waals surface area contributed by atoms with Crippen molar-refractivity contribution in [3.05, 3.63) is 64.4 Å². The van der Waals surface area contributed by atoms with E-state index in [9.17, 15) is 18.0 Å². The lowest BCUT2D eigenvalue weighted by Crippen LogP contribution is -2.32. The molecule has 3 rings (SSSR count). The number of hydrogen-bond donors (Lipinski definition) is 2. The number of nitrogens with one attached hydrogen (secondary N) is 2. The number of sulfonamides is 1. The number of anilines is 1. The maximum Gasteiger partial charge on any atom is 0.261 e. The molecule has 0 fully saturated rings. The largest absolute Gasteiger partial charge is 0.494 e. The zero-order valence-electron chi connectivity index (χ0n) is 18.3. The lowest BCUT2D eigenvalue weighted by atomic mass is 10.1. The lowest BCUT2D eigenvalue weighted by molar-refractivity contribution is 0.0792. The van der Waals surface area contributed by atoms with Crippen LogP contribution in [0.3, 0.4) is 0 Å². The lowest BCUT2D eigenvalue weighted by Gasteiger charge is -2.16. The summed E-state index contributed by atoms with van der Waals surface area (Å²) in [6, 6.07) is 10.7. The molecule has 0 aliphatic heterocycles. The molecular formula is C23H27N3O5S. The monoisotopic (exact) mass is 457 g/mol. The summed E-state index contributed by atoms with van der Waals surface area (Å²) >= 11 is 0. The SMILES string of the molecule is CCCCN(C)C(=O)c1c[nH]c2ccc(S(=O)(=O)Nc3ccc(OCC)cc3)cc2c1=O. The molecule has 3 aromatic rings. The Labute approximate surface area is 187 Å². The van der Waals surface area contributed by atoms with Gasteiger partial charge in [0.05, 0.1) is 11.5 Å². The van der Waals surface area contributed by atoms with E-state index in [0.717, 1.165) is 12.8 Å². The van der Waals surface area contributed by atoms with Crippen LogP contribution in [0.4, 0.5) is 5.69 Å². The maximum atomic E-state index is 13.0. The molecule has 0 saturated carbocycles. The summed E-state index contributed by atoms with van der Waals surface area (Å²) in [5, 5.41) is 0.134. The summed E-state index contributed by atoms with van der Waals surface area (Å²) in [5.74, 6) is 0.233. The molecule has 32 heavy (non-hydrogen) atoms. The Kier molecular flexibility index (Phi) is 7.19. The molecule has 8 nitrogen and oxygen atoms in total. The van der Waals surface area contributed by atoms with E-state index in [0.29, 0.717) is 30.1 Å². The van der Waals surface area contributed by atoms with Gasteiger partial charge in [-0.3, -0.25) is 14.3 Å². The molecule has 0 radical (unpaired) electrons. The van der Waals surface area contributed by atoms with E-state index in [1.165, 1.54) is 29.3 Å². The van der Waals surface area contributed by atoms with Crippen molar-refractivity contribution in [1.82, 2.24) is 9.88 Å². The predicted molar refractivity (Wildman–Crippen MR) is 125 cm³/mol. The van der Waals surface area contributed by atoms with E-state index in [1.807, 2.05) is 13.8 Å². The van der Waals surface area contributed by atoms with Gasteiger partial charge in [-0.1, -0.05) is 13.3 Å². The zero-order chi connectivity index (χ0) is 23.3. The summed E-state index contributed by atoms with van der Waals surface area (Å²) in [7, 11) is -2.30. The van der Waals surface area contributed by atoms with Crippen LogP contribution in [0.1, 0.15) is 37.0 Å². The van der Waals surface area contributed by atoms with E-state index in [1.54, 1.807) is 31.3 Å². The van der Waals surface area contributed by atoms with Crippen molar-refractivity contribution < 1.29 is 17.9 Å². The van der Waals surface area contributed by atoms with Gasteiger partial charge in [-0.05, 0) is 55.8 Å². The van der Waals surface area contributed by atoms with Crippen molar-refractivity contribution >= 4 is 32.5 Å². The fourth-order valence-corrected chi connectivity index (χ4v) is 4.31. The van der Waals surface area contributed by atoms with Crippen molar-refractivity contribution in [2.75, 3.05) is 24.9 Å². The number of H-pyrrole nitrogens is 1. The highest BCUT2D eigenvalue weighted by molar-refractivity contribution is 7.92. The predicted octanol–water partition coefficient (Wildman–Crippen LogP) is 3.60. The zero-order valence-corrected chi connectivity index (χ0v) is 19.2. The topological polar surface area (TPSA) is 109 Å². The number of benzene rings is 2. The minimum absolute atomic E-state index is 0.0230. The first kappa shape index (κ1) is 23.3. The van der Waals surface area contributed by atoms with Gasteiger partial charge in [0, 0.05) is 36.4 Å². The Morgan fingerprint density at radius 2 is 1.84 bits per heavy atom. The Hall–Kier alpha value is -3.33. The molecule has 0 aliphatic rings. The average molecular weight is 458 g/mol. The smallest absolute Gasteiger partial charge is 0.261 e. The maximum absolute atomic E-state index is 13.0. The third kappa shape index (κ3) is 5.11. The molecule has 170 valence electrons. The van der Waals surface area contributed by atoms with Crippen molar-refractivity contribution in [2.24, 2.45) is 0 Å². The van der Waals surface area contributed by atoms with Crippen molar-refractivity contribution in [3.63, 3.8) is 0 Å². The molecule has 0 atom stereocenters. The van der Waals surface area contributed by atoms with E-state index < -0.39 is 21.4 Å². The minimum Gasteiger partial charge on any atom is -0.494 e. The normalized spacial score (nSPS) is 11.3. The van der Waals surface area contributed by atoms with Crippen LogP contribution in [0, 0.1) is 0 Å². The Balaban J connectivity index is 1.93. The molecule has 1 heterocycles. The summed E-state index contributed by atoms with van der Waals surface area (Å²) in [6.45, 7) is 4.92. The first-order chi connectivity index (χ1) is 15.3. The standard InChI is InChI=1S/C23H27N3O5S/c1-4-6-13-26(3)23(28)20-15-24-21-12-11-18(14-19(21)22(20)27)32(29,30)25-16-7-9-17(10-8-16)31-5-2/h7-12,14-15,25H,4-6,13H2,1-3H3,(H,24,27). The number of aromatic amines is 1. The number of aromatic nitrogens is 1. The van der Waals surface area contributed by atoms with Crippen LogP contribution >= 0.6 is 0 Å². The summed E-state index contributed by atoms with van der Waals surface area (Å²) in [5.41, 5.74) is 0.280. The molecule has 0 saturated heterocycles. The molecule has 2 N–H and O–H groups in total. The van der Waals surface area contributed by atoms with Gasteiger partial charge >= 0.3 is 0 Å². The highest BCUT2D eigenvalue weighted by Gasteiger charge is 2.20. The number of rotatable bonds is 9. The summed E-state index contributed by atoms with van der Waals surface area (Å²) in [6.07, 6.45) is 3.13. The molecule has 0 spiro atoms. The van der Waals surface area contributed by atoms with Gasteiger partial charge in [-0.25, -0.2) is 8.42 Å². The quantitative estimate of drug-likeness (QED) is 0.510. The average Bonchev–Trinajstić information content (AvgIpc) is 2.78. The highest BCUT2D eigenvalue weighted by atomic mass is 32.2. The molecule has 2 aromatic carbocycles. The Morgan fingerprint density at radius 3 is 2.50 bits per heavy atom. The van der Waals surface area contributed by atoms with Crippen molar-refractivity contribution in [2.45, 2.75) is 31.6 Å². The van der Waals surface area contributed by atoms with E-state index in [-0.39, 0.29) is 15.8 Å². The minimum atomic E-state index is -3.95. The molecule has 0 aliphatic carbocycles. The van der Waals surface area contributed by atoms with Gasteiger partial charge in [-0.15, -0.1) is 0 Å². The van der Waals surface area contributed by atoms with Crippen LogP contribution in [0.5, 0.6) is 5.75 Å². The van der Waals surface area contributed by atoms with E-state index in [2.05, 4.69) is 9.71 Å².